The zero-order valence-corrected chi connectivity index (χ0v) is 17.5. The van der Waals surface area contributed by atoms with Crippen molar-refractivity contribution >= 4 is 12.1 Å². The van der Waals surface area contributed by atoms with Crippen LogP contribution in [0.2, 0.25) is 0 Å². The van der Waals surface area contributed by atoms with Gasteiger partial charge in [-0.2, -0.15) is 0 Å². The molecule has 1 aliphatic rings. The lowest BCUT2D eigenvalue weighted by Crippen LogP contribution is -2.39. The summed E-state index contributed by atoms with van der Waals surface area (Å²) >= 11 is 0. The molecule has 4 rings (SSSR count). The largest absolute Gasteiger partial charge is 0.479 e. The lowest BCUT2D eigenvalue weighted by Gasteiger charge is -2.28. The summed E-state index contributed by atoms with van der Waals surface area (Å²) < 4.78 is 5.67. The molecule has 1 amide bonds. The number of pyridine rings is 1. The minimum absolute atomic E-state index is 0.0839. The fraction of sp³-hybridized carbons (Fsp3) is 0.240. The van der Waals surface area contributed by atoms with Gasteiger partial charge >= 0.3 is 12.1 Å². The van der Waals surface area contributed by atoms with E-state index in [9.17, 15) is 14.7 Å². The number of aryl methyl sites for hydroxylation is 1. The van der Waals surface area contributed by atoms with Crippen LogP contribution in [0.3, 0.4) is 0 Å². The molecule has 31 heavy (non-hydrogen) atoms. The average Bonchev–Trinajstić information content (AvgIpc) is 3.10. The van der Waals surface area contributed by atoms with E-state index in [0.717, 1.165) is 27.9 Å². The Labute approximate surface area is 181 Å². The Morgan fingerprint density at radius 3 is 2.16 bits per heavy atom. The van der Waals surface area contributed by atoms with Crippen LogP contribution in [0.1, 0.15) is 41.3 Å². The Kier molecular flexibility index (Phi) is 5.71. The van der Waals surface area contributed by atoms with Crippen LogP contribution in [0.25, 0.3) is 11.1 Å². The number of carboxylic acid groups (broad SMARTS) is 1. The Hall–Kier alpha value is -3.67. The number of carbonyl (C=O) groups is 2. The van der Waals surface area contributed by atoms with Gasteiger partial charge in [-0.3, -0.25) is 9.88 Å². The van der Waals surface area contributed by atoms with E-state index in [2.05, 4.69) is 17.1 Å². The van der Waals surface area contributed by atoms with Crippen molar-refractivity contribution in [1.82, 2.24) is 9.88 Å². The van der Waals surface area contributed by atoms with Gasteiger partial charge in [-0.25, -0.2) is 9.59 Å². The molecule has 0 bridgehead atoms. The van der Waals surface area contributed by atoms with Gasteiger partial charge < -0.3 is 9.84 Å². The lowest BCUT2D eigenvalue weighted by molar-refractivity contribution is -0.143. The summed E-state index contributed by atoms with van der Waals surface area (Å²) in [6.45, 7) is 3.89. The molecule has 158 valence electrons. The van der Waals surface area contributed by atoms with Gasteiger partial charge in [0.05, 0.1) is 0 Å². The summed E-state index contributed by atoms with van der Waals surface area (Å²) in [7, 11) is 0. The molecule has 2 aromatic carbocycles. The van der Waals surface area contributed by atoms with Crippen molar-refractivity contribution in [1.29, 1.82) is 0 Å². The van der Waals surface area contributed by atoms with Gasteiger partial charge in [0.15, 0.2) is 6.04 Å². The molecule has 1 atom stereocenters. The number of benzene rings is 2. The summed E-state index contributed by atoms with van der Waals surface area (Å²) in [5.41, 5.74) is 5.71. The van der Waals surface area contributed by atoms with Crippen LogP contribution in [-0.4, -0.2) is 40.2 Å². The molecule has 0 spiro atoms. The van der Waals surface area contributed by atoms with E-state index in [-0.39, 0.29) is 19.1 Å². The van der Waals surface area contributed by atoms with E-state index in [1.54, 1.807) is 19.1 Å². The predicted octanol–water partition coefficient (Wildman–Crippen LogP) is 4.79. The van der Waals surface area contributed by atoms with Gasteiger partial charge in [0, 0.05) is 29.9 Å². The summed E-state index contributed by atoms with van der Waals surface area (Å²) in [6, 6.07) is 18.4. The fourth-order valence-corrected chi connectivity index (χ4v) is 4.19. The molecule has 6 nitrogen and oxygen atoms in total. The van der Waals surface area contributed by atoms with E-state index in [0.29, 0.717) is 5.56 Å². The number of aromatic nitrogens is 1. The van der Waals surface area contributed by atoms with E-state index in [1.165, 1.54) is 11.1 Å². The van der Waals surface area contributed by atoms with Crippen molar-refractivity contribution in [3.05, 3.63) is 89.2 Å². The van der Waals surface area contributed by atoms with Crippen molar-refractivity contribution in [3.8, 4) is 11.1 Å². The highest BCUT2D eigenvalue weighted by atomic mass is 16.6. The smallest absolute Gasteiger partial charge is 0.410 e. The zero-order chi connectivity index (χ0) is 22.0. The number of likely N-dealkylation sites (N-methyl/N-ethyl adjacent to an activating group) is 1. The number of amides is 1. The summed E-state index contributed by atoms with van der Waals surface area (Å²) in [5, 5.41) is 9.81. The zero-order valence-electron chi connectivity index (χ0n) is 17.5. The van der Waals surface area contributed by atoms with Crippen molar-refractivity contribution in [2.75, 3.05) is 13.2 Å². The number of ether oxygens (including phenoxy) is 1. The first kappa shape index (κ1) is 20.6. The topological polar surface area (TPSA) is 79.7 Å². The monoisotopic (exact) mass is 416 g/mol. The molecule has 1 unspecified atom stereocenters. The number of hydrogen-bond acceptors (Lipinski definition) is 4. The van der Waals surface area contributed by atoms with E-state index in [4.69, 9.17) is 4.74 Å². The maximum atomic E-state index is 13.0. The normalized spacial score (nSPS) is 13.2. The third-order valence-electron chi connectivity index (χ3n) is 5.71. The van der Waals surface area contributed by atoms with Gasteiger partial charge in [0.2, 0.25) is 0 Å². The number of carboxylic acids is 1. The average molecular weight is 416 g/mol. The molecular weight excluding hydrogens is 392 g/mol. The predicted molar refractivity (Wildman–Crippen MR) is 117 cm³/mol. The van der Waals surface area contributed by atoms with Crippen LogP contribution in [0.5, 0.6) is 0 Å². The fourth-order valence-electron chi connectivity index (χ4n) is 4.19. The summed E-state index contributed by atoms with van der Waals surface area (Å²) in [6.07, 6.45) is 0.838. The quantitative estimate of drug-likeness (QED) is 0.625. The number of aliphatic carboxylic acids is 1. The molecule has 1 heterocycles. The van der Waals surface area contributed by atoms with E-state index in [1.807, 2.05) is 43.3 Å². The Bertz CT molecular complexity index is 1070. The summed E-state index contributed by atoms with van der Waals surface area (Å²) in [5.74, 6) is -1.21. The van der Waals surface area contributed by atoms with Crippen LogP contribution >= 0.6 is 0 Å². The molecule has 0 saturated heterocycles. The third-order valence-corrected chi connectivity index (χ3v) is 5.71. The van der Waals surface area contributed by atoms with Crippen LogP contribution in [0.15, 0.2) is 66.9 Å². The van der Waals surface area contributed by atoms with Crippen LogP contribution in [-0.2, 0) is 9.53 Å². The molecule has 0 fully saturated rings. The highest BCUT2D eigenvalue weighted by molar-refractivity contribution is 5.82. The molecule has 0 saturated carbocycles. The van der Waals surface area contributed by atoms with Crippen molar-refractivity contribution in [2.45, 2.75) is 25.8 Å². The minimum atomic E-state index is -1.16. The number of fused-ring (bicyclic) bond motifs is 3. The van der Waals surface area contributed by atoms with Gasteiger partial charge in [0.1, 0.15) is 6.61 Å². The van der Waals surface area contributed by atoms with Crippen molar-refractivity contribution < 1.29 is 19.4 Å². The second-order valence-corrected chi connectivity index (χ2v) is 7.56. The maximum absolute atomic E-state index is 13.0. The number of hydrogen-bond donors (Lipinski definition) is 1. The first-order chi connectivity index (χ1) is 15.0. The molecule has 1 aliphatic carbocycles. The van der Waals surface area contributed by atoms with Gasteiger partial charge in [-0.1, -0.05) is 54.6 Å². The Morgan fingerprint density at radius 2 is 1.65 bits per heavy atom. The highest BCUT2D eigenvalue weighted by Gasteiger charge is 2.34. The van der Waals surface area contributed by atoms with Crippen LogP contribution in [0, 0.1) is 6.92 Å². The number of carbonyl (C=O) groups excluding carboxylic acids is 1. The molecule has 6 heteroatoms. The van der Waals surface area contributed by atoms with Crippen LogP contribution in [0.4, 0.5) is 4.79 Å². The lowest BCUT2D eigenvalue weighted by atomic mass is 9.98. The third kappa shape index (κ3) is 3.89. The first-order valence-corrected chi connectivity index (χ1v) is 10.3. The van der Waals surface area contributed by atoms with Gasteiger partial charge in [0.25, 0.3) is 0 Å². The van der Waals surface area contributed by atoms with E-state index < -0.39 is 18.1 Å². The van der Waals surface area contributed by atoms with E-state index >= 15 is 0 Å². The molecule has 1 aromatic heterocycles. The van der Waals surface area contributed by atoms with Crippen LogP contribution < -0.4 is 0 Å². The van der Waals surface area contributed by atoms with Gasteiger partial charge in [-0.05, 0) is 42.2 Å². The van der Waals surface area contributed by atoms with Gasteiger partial charge in [-0.15, -0.1) is 0 Å². The molecule has 3 aromatic rings. The maximum Gasteiger partial charge on any atom is 0.410 e. The minimum Gasteiger partial charge on any atom is -0.479 e. The summed E-state index contributed by atoms with van der Waals surface area (Å²) in [4.78, 5) is 30.4. The molecule has 1 N–H and O–H groups in total. The Morgan fingerprint density at radius 1 is 1.03 bits per heavy atom. The second-order valence-electron chi connectivity index (χ2n) is 7.56. The Balaban J connectivity index is 1.56. The second kappa shape index (κ2) is 8.60. The van der Waals surface area contributed by atoms with Crippen molar-refractivity contribution in [2.24, 2.45) is 0 Å². The number of nitrogens with zero attached hydrogens (tertiary/aromatic N) is 2. The highest BCUT2D eigenvalue weighted by Crippen LogP contribution is 2.44. The molecule has 0 radical (unpaired) electrons. The standard InChI is InChI=1S/C25H24N2O4/c1-3-27(23(24(28)29)17-13-12-16(2)26-14-17)25(30)31-15-22-20-10-6-4-8-18(20)19-9-5-7-11-21(19)22/h4-14,22-23H,3,15H2,1-2H3,(H,28,29). The van der Waals surface area contributed by atoms with Crippen molar-refractivity contribution in [3.63, 3.8) is 0 Å². The SMILES string of the molecule is CCN(C(=O)OCC1c2ccccc2-c2ccccc21)C(C(=O)O)c1ccc(C)nc1. The molecule has 0 aliphatic heterocycles. The number of rotatable bonds is 6. The molecular formula is C25H24N2O4. The first-order valence-electron chi connectivity index (χ1n) is 10.3.